The van der Waals surface area contributed by atoms with Crippen LogP contribution in [0.1, 0.15) is 25.3 Å². The Morgan fingerprint density at radius 3 is 2.69 bits per heavy atom. The SMILES string of the molecule is CCOC(=O)[C@H]1CCCN(C(=O)[C@H](Cc2c[nH]c3ccccc23)NC(=O)Nc2ccc(SC)cc2)C1. The van der Waals surface area contributed by atoms with Gasteiger partial charge in [-0.25, -0.2) is 4.79 Å². The minimum Gasteiger partial charge on any atom is -0.466 e. The molecule has 9 heteroatoms. The van der Waals surface area contributed by atoms with Crippen LogP contribution in [-0.4, -0.2) is 59.8 Å². The minimum absolute atomic E-state index is 0.206. The zero-order chi connectivity index (χ0) is 25.5. The molecule has 0 spiro atoms. The number of rotatable bonds is 8. The van der Waals surface area contributed by atoms with E-state index in [2.05, 4.69) is 15.6 Å². The Labute approximate surface area is 215 Å². The number of carbonyl (C=O) groups excluding carboxylic acids is 3. The van der Waals surface area contributed by atoms with Gasteiger partial charge in [0.15, 0.2) is 0 Å². The van der Waals surface area contributed by atoms with Crippen molar-refractivity contribution in [3.8, 4) is 0 Å². The molecule has 1 saturated heterocycles. The van der Waals surface area contributed by atoms with E-state index < -0.39 is 12.1 Å². The van der Waals surface area contributed by atoms with Crippen molar-refractivity contribution in [1.29, 1.82) is 0 Å². The average molecular weight is 509 g/mol. The Morgan fingerprint density at radius 2 is 1.94 bits per heavy atom. The summed E-state index contributed by atoms with van der Waals surface area (Å²) in [5.41, 5.74) is 2.55. The predicted octanol–water partition coefficient (Wildman–Crippen LogP) is 4.42. The van der Waals surface area contributed by atoms with Gasteiger partial charge in [0.25, 0.3) is 0 Å². The lowest BCUT2D eigenvalue weighted by atomic mass is 9.96. The number of esters is 1. The van der Waals surface area contributed by atoms with Gasteiger partial charge in [-0.1, -0.05) is 18.2 Å². The first-order valence-corrected chi connectivity index (χ1v) is 13.4. The van der Waals surface area contributed by atoms with Crippen LogP contribution in [0.4, 0.5) is 10.5 Å². The lowest BCUT2D eigenvalue weighted by Crippen LogP contribution is -2.53. The summed E-state index contributed by atoms with van der Waals surface area (Å²) in [4.78, 5) is 44.9. The van der Waals surface area contributed by atoms with Gasteiger partial charge >= 0.3 is 12.0 Å². The van der Waals surface area contributed by atoms with Crippen LogP contribution in [0.3, 0.4) is 0 Å². The number of hydrogen-bond acceptors (Lipinski definition) is 5. The van der Waals surface area contributed by atoms with Gasteiger partial charge in [-0.3, -0.25) is 9.59 Å². The van der Waals surface area contributed by atoms with E-state index in [1.165, 1.54) is 0 Å². The second-order valence-electron chi connectivity index (χ2n) is 8.82. The van der Waals surface area contributed by atoms with Crippen LogP contribution in [0.5, 0.6) is 0 Å². The molecule has 0 aliphatic carbocycles. The fourth-order valence-electron chi connectivity index (χ4n) is 4.57. The molecular weight excluding hydrogens is 476 g/mol. The fraction of sp³-hybridized carbons (Fsp3) is 0.370. The number of urea groups is 1. The number of fused-ring (bicyclic) bond motifs is 1. The molecule has 3 aromatic rings. The van der Waals surface area contributed by atoms with Crippen molar-refractivity contribution >= 4 is 46.3 Å². The molecule has 190 valence electrons. The highest BCUT2D eigenvalue weighted by Gasteiger charge is 2.33. The fourth-order valence-corrected chi connectivity index (χ4v) is 4.98. The van der Waals surface area contributed by atoms with Crippen LogP contribution in [0.2, 0.25) is 0 Å². The number of piperidine rings is 1. The molecule has 2 aromatic carbocycles. The van der Waals surface area contributed by atoms with Crippen LogP contribution in [0, 0.1) is 5.92 Å². The van der Waals surface area contributed by atoms with Gasteiger partial charge < -0.3 is 25.3 Å². The smallest absolute Gasteiger partial charge is 0.319 e. The summed E-state index contributed by atoms with van der Waals surface area (Å²) in [6, 6.07) is 14.1. The monoisotopic (exact) mass is 508 g/mol. The normalized spacial score (nSPS) is 16.4. The molecular formula is C27H32N4O4S. The van der Waals surface area contributed by atoms with Gasteiger partial charge in [-0.2, -0.15) is 0 Å². The Morgan fingerprint density at radius 1 is 1.17 bits per heavy atom. The number of likely N-dealkylation sites (tertiary alicyclic amines) is 1. The first-order chi connectivity index (χ1) is 17.5. The molecule has 0 saturated carbocycles. The maximum atomic E-state index is 13.7. The van der Waals surface area contributed by atoms with Gasteiger partial charge in [0.1, 0.15) is 6.04 Å². The molecule has 2 atom stereocenters. The van der Waals surface area contributed by atoms with Crippen molar-refractivity contribution < 1.29 is 19.1 Å². The van der Waals surface area contributed by atoms with Gasteiger partial charge in [0, 0.05) is 47.2 Å². The molecule has 0 bridgehead atoms. The third kappa shape index (κ3) is 6.20. The molecule has 2 heterocycles. The zero-order valence-corrected chi connectivity index (χ0v) is 21.4. The van der Waals surface area contributed by atoms with Crippen molar-refractivity contribution in [3.05, 3.63) is 60.3 Å². The van der Waals surface area contributed by atoms with Crippen molar-refractivity contribution in [2.75, 3.05) is 31.3 Å². The number of aromatic nitrogens is 1. The number of ether oxygens (including phenoxy) is 1. The largest absolute Gasteiger partial charge is 0.466 e. The minimum atomic E-state index is -0.796. The van der Waals surface area contributed by atoms with E-state index in [0.717, 1.165) is 21.4 Å². The van der Waals surface area contributed by atoms with Crippen LogP contribution in [-0.2, 0) is 20.7 Å². The molecule has 3 N–H and O–H groups in total. The number of anilines is 1. The van der Waals surface area contributed by atoms with Crippen LogP contribution in [0.25, 0.3) is 10.9 Å². The number of amides is 3. The molecule has 0 unspecified atom stereocenters. The highest BCUT2D eigenvalue weighted by atomic mass is 32.2. The molecule has 1 aliphatic heterocycles. The highest BCUT2D eigenvalue weighted by molar-refractivity contribution is 7.98. The van der Waals surface area contributed by atoms with Gasteiger partial charge in [0.2, 0.25) is 5.91 Å². The van der Waals surface area contributed by atoms with E-state index in [-0.39, 0.29) is 17.8 Å². The zero-order valence-electron chi connectivity index (χ0n) is 20.6. The summed E-state index contributed by atoms with van der Waals surface area (Å²) < 4.78 is 5.19. The van der Waals surface area contributed by atoms with Crippen molar-refractivity contribution in [2.24, 2.45) is 5.92 Å². The number of aromatic amines is 1. The number of thioether (sulfide) groups is 1. The van der Waals surface area contributed by atoms with Gasteiger partial charge in [0.05, 0.1) is 12.5 Å². The van der Waals surface area contributed by atoms with Crippen LogP contribution in [0.15, 0.2) is 59.6 Å². The number of benzene rings is 2. The second kappa shape index (κ2) is 12.0. The van der Waals surface area contributed by atoms with E-state index in [1.54, 1.807) is 23.6 Å². The third-order valence-electron chi connectivity index (χ3n) is 6.40. The van der Waals surface area contributed by atoms with Crippen molar-refractivity contribution in [3.63, 3.8) is 0 Å². The number of carbonyl (C=O) groups is 3. The molecule has 0 radical (unpaired) electrons. The number of nitrogens with zero attached hydrogens (tertiary/aromatic N) is 1. The second-order valence-corrected chi connectivity index (χ2v) is 9.70. The van der Waals surface area contributed by atoms with Crippen LogP contribution < -0.4 is 10.6 Å². The lowest BCUT2D eigenvalue weighted by Gasteiger charge is -2.34. The Balaban J connectivity index is 1.52. The molecule has 4 rings (SSSR count). The first kappa shape index (κ1) is 25.6. The number of nitrogens with one attached hydrogen (secondary N) is 3. The van der Waals surface area contributed by atoms with E-state index in [1.807, 2.05) is 61.0 Å². The number of para-hydroxylation sites is 1. The summed E-state index contributed by atoms with van der Waals surface area (Å²) >= 11 is 1.62. The Kier molecular flexibility index (Phi) is 8.53. The molecule has 1 fully saturated rings. The topological polar surface area (TPSA) is 104 Å². The quantitative estimate of drug-likeness (QED) is 0.309. The highest BCUT2D eigenvalue weighted by Crippen LogP contribution is 2.23. The molecule has 1 aliphatic rings. The van der Waals surface area contributed by atoms with Crippen LogP contribution >= 0.6 is 11.8 Å². The van der Waals surface area contributed by atoms with Crippen molar-refractivity contribution in [2.45, 2.75) is 37.1 Å². The third-order valence-corrected chi connectivity index (χ3v) is 7.15. The standard InChI is InChI=1S/C27H32N4O4S/c1-3-35-26(33)18-7-6-14-31(17-18)25(32)24(15-19-16-28-23-9-5-4-8-22(19)23)30-27(34)29-20-10-12-21(36-2)13-11-20/h4-5,8-13,16,18,24,28H,3,6-7,14-15,17H2,1-2H3,(H2,29,30,34)/t18-,24-/m0/s1. The summed E-state index contributed by atoms with van der Waals surface area (Å²) in [5, 5.41) is 6.72. The summed E-state index contributed by atoms with van der Waals surface area (Å²) in [5.74, 6) is -0.829. The first-order valence-electron chi connectivity index (χ1n) is 12.2. The molecule has 36 heavy (non-hydrogen) atoms. The average Bonchev–Trinajstić information content (AvgIpc) is 3.31. The summed E-state index contributed by atoms with van der Waals surface area (Å²) in [6.45, 7) is 2.92. The molecule has 8 nitrogen and oxygen atoms in total. The van der Waals surface area contributed by atoms with Gasteiger partial charge in [-0.05, 0) is 61.9 Å². The Bertz CT molecular complexity index is 1210. The summed E-state index contributed by atoms with van der Waals surface area (Å²) in [6.07, 6.45) is 5.59. The van der Waals surface area contributed by atoms with E-state index >= 15 is 0 Å². The lowest BCUT2D eigenvalue weighted by molar-refractivity contribution is -0.151. The number of hydrogen-bond donors (Lipinski definition) is 3. The van der Waals surface area contributed by atoms with Crippen molar-refractivity contribution in [1.82, 2.24) is 15.2 Å². The van der Waals surface area contributed by atoms with Gasteiger partial charge in [-0.15, -0.1) is 11.8 Å². The van der Waals surface area contributed by atoms with E-state index in [9.17, 15) is 14.4 Å². The number of H-pyrrole nitrogens is 1. The predicted molar refractivity (Wildman–Crippen MR) is 142 cm³/mol. The maximum Gasteiger partial charge on any atom is 0.319 e. The summed E-state index contributed by atoms with van der Waals surface area (Å²) in [7, 11) is 0. The maximum absolute atomic E-state index is 13.7. The van der Waals surface area contributed by atoms with E-state index in [4.69, 9.17) is 4.74 Å². The van der Waals surface area contributed by atoms with E-state index in [0.29, 0.717) is 44.6 Å². The molecule has 1 aromatic heterocycles. The molecule has 3 amide bonds. The Hall–Kier alpha value is -3.46.